The van der Waals surface area contributed by atoms with Crippen molar-refractivity contribution in [2.24, 2.45) is 4.99 Å². The van der Waals surface area contributed by atoms with Gasteiger partial charge in [-0.1, -0.05) is 35.5 Å². The van der Waals surface area contributed by atoms with Crippen molar-refractivity contribution in [1.29, 1.82) is 0 Å². The molecule has 0 fully saturated rings. The summed E-state index contributed by atoms with van der Waals surface area (Å²) in [6, 6.07) is 9.85. The molecule has 0 aliphatic rings. The van der Waals surface area contributed by atoms with E-state index >= 15 is 0 Å². The molecule has 1 aromatic carbocycles. The molecule has 0 radical (unpaired) electrons. The number of nitrogens with zero attached hydrogens (tertiary/aromatic N) is 4. The molecule has 2 heterocycles. The second kappa shape index (κ2) is 7.40. The van der Waals surface area contributed by atoms with Gasteiger partial charge < -0.3 is 19.6 Å². The van der Waals surface area contributed by atoms with Gasteiger partial charge in [0.15, 0.2) is 23.9 Å². The lowest BCUT2D eigenvalue weighted by Gasteiger charge is -2.09. The molecule has 124 valence electrons. The largest absolute Gasteiger partial charge is 0.443 e. The normalized spacial score (nSPS) is 11.5. The third kappa shape index (κ3) is 3.78. The Labute approximate surface area is 139 Å². The van der Waals surface area contributed by atoms with E-state index in [9.17, 15) is 0 Å². The summed E-state index contributed by atoms with van der Waals surface area (Å²) in [5.41, 5.74) is 1.79. The van der Waals surface area contributed by atoms with Crippen LogP contribution in [-0.2, 0) is 13.1 Å². The van der Waals surface area contributed by atoms with Crippen LogP contribution in [0.4, 0.5) is 0 Å². The predicted molar refractivity (Wildman–Crippen MR) is 88.0 cm³/mol. The Balaban J connectivity index is 1.59. The molecule has 0 amide bonds. The Kier molecular flexibility index (Phi) is 4.85. The van der Waals surface area contributed by atoms with Gasteiger partial charge in [-0.05, 0) is 0 Å². The van der Waals surface area contributed by atoms with Crippen LogP contribution < -0.4 is 10.6 Å². The van der Waals surface area contributed by atoms with Gasteiger partial charge in [0, 0.05) is 19.5 Å². The zero-order valence-corrected chi connectivity index (χ0v) is 13.5. The molecular weight excluding hydrogens is 308 g/mol. The number of nitrogens with one attached hydrogen (secondary N) is 2. The predicted octanol–water partition coefficient (Wildman–Crippen LogP) is 1.90. The van der Waals surface area contributed by atoms with Crippen molar-refractivity contribution in [2.75, 3.05) is 7.05 Å². The minimum absolute atomic E-state index is 0.418. The van der Waals surface area contributed by atoms with E-state index in [0.29, 0.717) is 30.8 Å². The number of aryl methyl sites for hydroxylation is 1. The number of hydrogen-bond donors (Lipinski definition) is 2. The van der Waals surface area contributed by atoms with Crippen LogP contribution in [0.3, 0.4) is 0 Å². The van der Waals surface area contributed by atoms with Crippen LogP contribution >= 0.6 is 0 Å². The summed E-state index contributed by atoms with van der Waals surface area (Å²) in [5, 5.41) is 10.1. The number of rotatable bonds is 5. The molecule has 3 rings (SSSR count). The topological polar surface area (TPSA) is 101 Å². The Bertz CT molecular complexity index is 809. The van der Waals surface area contributed by atoms with Crippen molar-refractivity contribution in [1.82, 2.24) is 25.8 Å². The van der Waals surface area contributed by atoms with Gasteiger partial charge in [-0.3, -0.25) is 4.99 Å². The first-order valence-corrected chi connectivity index (χ1v) is 7.47. The molecule has 8 heteroatoms. The molecule has 2 aromatic heterocycles. The van der Waals surface area contributed by atoms with E-state index in [1.807, 2.05) is 30.3 Å². The summed E-state index contributed by atoms with van der Waals surface area (Å²) in [6.07, 6.45) is 1.44. The van der Waals surface area contributed by atoms with Crippen molar-refractivity contribution in [3.05, 3.63) is 54.1 Å². The molecule has 3 aromatic rings. The summed E-state index contributed by atoms with van der Waals surface area (Å²) in [7, 11) is 1.69. The molecule has 0 unspecified atom stereocenters. The first kappa shape index (κ1) is 15.7. The van der Waals surface area contributed by atoms with Gasteiger partial charge >= 0.3 is 0 Å². The lowest BCUT2D eigenvalue weighted by molar-refractivity contribution is 0.387. The van der Waals surface area contributed by atoms with Gasteiger partial charge in [-0.15, -0.1) is 0 Å². The molecule has 0 saturated heterocycles. The molecule has 0 atom stereocenters. The highest BCUT2D eigenvalue weighted by Gasteiger charge is 2.11. The minimum atomic E-state index is 0.418. The number of benzene rings is 1. The maximum absolute atomic E-state index is 5.50. The van der Waals surface area contributed by atoms with Gasteiger partial charge in [-0.2, -0.15) is 4.98 Å². The Morgan fingerprint density at radius 2 is 1.96 bits per heavy atom. The molecule has 24 heavy (non-hydrogen) atoms. The van der Waals surface area contributed by atoms with E-state index in [4.69, 9.17) is 8.94 Å². The van der Waals surface area contributed by atoms with E-state index in [0.717, 1.165) is 17.0 Å². The highest BCUT2D eigenvalue weighted by atomic mass is 16.5. The van der Waals surface area contributed by atoms with E-state index in [1.165, 1.54) is 6.39 Å². The highest BCUT2D eigenvalue weighted by Crippen LogP contribution is 2.22. The van der Waals surface area contributed by atoms with Crippen LogP contribution in [-0.4, -0.2) is 28.1 Å². The molecule has 0 spiro atoms. The second-order valence-corrected chi connectivity index (χ2v) is 5.00. The van der Waals surface area contributed by atoms with Crippen LogP contribution in [0.15, 0.2) is 50.7 Å². The summed E-state index contributed by atoms with van der Waals surface area (Å²) in [4.78, 5) is 12.6. The van der Waals surface area contributed by atoms with Crippen molar-refractivity contribution < 1.29 is 8.94 Å². The van der Waals surface area contributed by atoms with Gasteiger partial charge in [0.2, 0.25) is 5.89 Å². The smallest absolute Gasteiger partial charge is 0.223 e. The molecule has 0 aliphatic heterocycles. The number of aliphatic imine (C=N–C) groups is 1. The minimum Gasteiger partial charge on any atom is -0.443 e. The zero-order valence-electron chi connectivity index (χ0n) is 13.5. The molecule has 2 N–H and O–H groups in total. The first-order chi connectivity index (χ1) is 11.8. The molecular formula is C16H18N6O2. The number of oxazole rings is 1. The Morgan fingerprint density at radius 1 is 1.17 bits per heavy atom. The lowest BCUT2D eigenvalue weighted by Crippen LogP contribution is -2.36. The maximum Gasteiger partial charge on any atom is 0.223 e. The maximum atomic E-state index is 5.50. The first-order valence-electron chi connectivity index (χ1n) is 7.47. The standard InChI is InChI=1S/C16H18N6O2/c1-11-21-14(22-24-11)9-19-16(17-2)18-8-13-15(23-10-20-13)12-6-4-3-5-7-12/h3-7,10H,8-9H2,1-2H3,(H2,17,18,19). The van der Waals surface area contributed by atoms with Crippen molar-refractivity contribution in [3.63, 3.8) is 0 Å². The van der Waals surface area contributed by atoms with Crippen LogP contribution in [0.5, 0.6) is 0 Å². The third-order valence-electron chi connectivity index (χ3n) is 3.31. The average Bonchev–Trinajstić information content (AvgIpc) is 3.25. The van der Waals surface area contributed by atoms with Gasteiger partial charge in [-0.25, -0.2) is 4.98 Å². The molecule has 0 bridgehead atoms. The van der Waals surface area contributed by atoms with Crippen LogP contribution in [0.25, 0.3) is 11.3 Å². The van der Waals surface area contributed by atoms with E-state index in [2.05, 4.69) is 30.8 Å². The lowest BCUT2D eigenvalue weighted by atomic mass is 10.1. The van der Waals surface area contributed by atoms with Crippen molar-refractivity contribution in [2.45, 2.75) is 20.0 Å². The summed E-state index contributed by atoms with van der Waals surface area (Å²) >= 11 is 0. The second-order valence-electron chi connectivity index (χ2n) is 5.00. The zero-order chi connectivity index (χ0) is 16.8. The Hall–Kier alpha value is -3.16. The van der Waals surface area contributed by atoms with Gasteiger partial charge in [0.1, 0.15) is 5.69 Å². The SMILES string of the molecule is CN=C(NCc1noc(C)n1)NCc1ncoc1-c1ccccc1. The van der Waals surface area contributed by atoms with E-state index in [-0.39, 0.29) is 0 Å². The number of guanidine groups is 1. The average molecular weight is 326 g/mol. The van der Waals surface area contributed by atoms with Crippen LogP contribution in [0.2, 0.25) is 0 Å². The monoisotopic (exact) mass is 326 g/mol. The van der Waals surface area contributed by atoms with E-state index < -0.39 is 0 Å². The van der Waals surface area contributed by atoms with Crippen LogP contribution in [0, 0.1) is 6.92 Å². The fraction of sp³-hybridized carbons (Fsp3) is 0.250. The number of aromatic nitrogens is 3. The fourth-order valence-corrected chi connectivity index (χ4v) is 2.18. The molecule has 0 aliphatic carbocycles. The summed E-state index contributed by atoms with van der Waals surface area (Å²) < 4.78 is 10.4. The van der Waals surface area contributed by atoms with Gasteiger partial charge in [0.05, 0.1) is 13.1 Å². The quantitative estimate of drug-likeness (QED) is 0.545. The third-order valence-corrected chi connectivity index (χ3v) is 3.31. The van der Waals surface area contributed by atoms with Gasteiger partial charge in [0.25, 0.3) is 0 Å². The van der Waals surface area contributed by atoms with Crippen molar-refractivity contribution in [3.8, 4) is 11.3 Å². The fourth-order valence-electron chi connectivity index (χ4n) is 2.18. The molecule has 8 nitrogen and oxygen atoms in total. The van der Waals surface area contributed by atoms with Crippen LogP contribution in [0.1, 0.15) is 17.4 Å². The van der Waals surface area contributed by atoms with E-state index in [1.54, 1.807) is 14.0 Å². The highest BCUT2D eigenvalue weighted by molar-refractivity contribution is 5.79. The Morgan fingerprint density at radius 3 is 2.67 bits per heavy atom. The summed E-state index contributed by atoms with van der Waals surface area (Å²) in [6.45, 7) is 2.65. The van der Waals surface area contributed by atoms with Crippen molar-refractivity contribution >= 4 is 5.96 Å². The number of hydrogen-bond acceptors (Lipinski definition) is 6. The summed E-state index contributed by atoms with van der Waals surface area (Å²) in [5.74, 6) is 2.46. The molecule has 0 saturated carbocycles.